The lowest BCUT2D eigenvalue weighted by atomic mass is 9.81. The maximum atomic E-state index is 11.8. The Morgan fingerprint density at radius 1 is 1.24 bits per heavy atom. The zero-order valence-corrected chi connectivity index (χ0v) is 12.2. The number of unbranched alkanes of at least 4 members (excludes halogenated alkanes) is 1. The minimum atomic E-state index is -0.951. The number of carbonyl (C=O) groups is 2. The van der Waals surface area contributed by atoms with Crippen LogP contribution in [0.3, 0.4) is 0 Å². The summed E-state index contributed by atoms with van der Waals surface area (Å²) in [6.07, 6.45) is 2.52. The molecule has 0 bridgehead atoms. The molecule has 0 spiro atoms. The van der Waals surface area contributed by atoms with E-state index in [4.69, 9.17) is 4.74 Å². The molecule has 0 amide bonds. The summed E-state index contributed by atoms with van der Waals surface area (Å²) in [5, 5.41) is 0. The SMILES string of the molecule is CCOC(=O)C(C)(CCCCSCC)C(C)=O. The number of thioether (sulfide) groups is 1. The van der Waals surface area contributed by atoms with Gasteiger partial charge >= 0.3 is 5.97 Å². The molecule has 100 valence electrons. The minimum Gasteiger partial charge on any atom is -0.465 e. The normalized spacial score (nSPS) is 14.1. The fraction of sp³-hybridized carbons (Fsp3) is 0.846. The first kappa shape index (κ1) is 16.5. The summed E-state index contributed by atoms with van der Waals surface area (Å²) in [5.74, 6) is 1.73. The van der Waals surface area contributed by atoms with Crippen molar-refractivity contribution in [1.82, 2.24) is 0 Å². The van der Waals surface area contributed by atoms with Crippen LogP contribution in [0.5, 0.6) is 0 Å². The first-order chi connectivity index (χ1) is 7.99. The summed E-state index contributed by atoms with van der Waals surface area (Å²) in [6.45, 7) is 7.38. The van der Waals surface area contributed by atoms with Gasteiger partial charge in [0.1, 0.15) is 11.2 Å². The Balaban J connectivity index is 4.22. The van der Waals surface area contributed by atoms with Crippen LogP contribution in [0.1, 0.15) is 47.0 Å². The van der Waals surface area contributed by atoms with Crippen molar-refractivity contribution >= 4 is 23.5 Å². The van der Waals surface area contributed by atoms with Crippen molar-refractivity contribution in [1.29, 1.82) is 0 Å². The van der Waals surface area contributed by atoms with Gasteiger partial charge < -0.3 is 4.74 Å². The summed E-state index contributed by atoms with van der Waals surface area (Å²) < 4.78 is 4.98. The third-order valence-electron chi connectivity index (χ3n) is 2.92. The minimum absolute atomic E-state index is 0.0981. The number of Topliss-reactive ketones (excluding diaryl/α,β-unsaturated/α-hetero) is 1. The van der Waals surface area contributed by atoms with Crippen LogP contribution in [0, 0.1) is 5.41 Å². The zero-order valence-electron chi connectivity index (χ0n) is 11.4. The predicted octanol–water partition coefficient (Wildman–Crippen LogP) is 3.07. The van der Waals surface area contributed by atoms with Gasteiger partial charge in [0, 0.05) is 0 Å². The monoisotopic (exact) mass is 260 g/mol. The largest absolute Gasteiger partial charge is 0.465 e. The quantitative estimate of drug-likeness (QED) is 0.363. The van der Waals surface area contributed by atoms with Crippen LogP contribution < -0.4 is 0 Å². The number of carbonyl (C=O) groups excluding carboxylic acids is 2. The van der Waals surface area contributed by atoms with Crippen molar-refractivity contribution in [3.63, 3.8) is 0 Å². The molecule has 0 aliphatic rings. The molecular formula is C13H24O3S. The lowest BCUT2D eigenvalue weighted by molar-refractivity contribution is -0.159. The number of rotatable bonds is 9. The van der Waals surface area contributed by atoms with Crippen LogP contribution in [-0.2, 0) is 14.3 Å². The molecule has 0 saturated carbocycles. The molecule has 0 N–H and O–H groups in total. The first-order valence-corrected chi connectivity index (χ1v) is 7.40. The van der Waals surface area contributed by atoms with Crippen LogP contribution in [0.15, 0.2) is 0 Å². The Bertz CT molecular complexity index is 253. The Kier molecular flexibility index (Phi) is 8.30. The van der Waals surface area contributed by atoms with Gasteiger partial charge in [0.15, 0.2) is 0 Å². The number of hydrogen-bond donors (Lipinski definition) is 0. The van der Waals surface area contributed by atoms with Gasteiger partial charge in [0.05, 0.1) is 6.61 Å². The van der Waals surface area contributed by atoms with E-state index in [9.17, 15) is 9.59 Å². The maximum Gasteiger partial charge on any atom is 0.319 e. The number of hydrogen-bond acceptors (Lipinski definition) is 4. The molecule has 0 fully saturated rings. The highest BCUT2D eigenvalue weighted by atomic mass is 32.2. The molecule has 0 saturated heterocycles. The van der Waals surface area contributed by atoms with Gasteiger partial charge in [-0.1, -0.05) is 13.3 Å². The number of esters is 1. The molecule has 0 aliphatic carbocycles. The van der Waals surface area contributed by atoms with Crippen molar-refractivity contribution in [2.24, 2.45) is 5.41 Å². The summed E-state index contributed by atoms with van der Waals surface area (Å²) >= 11 is 1.88. The molecule has 17 heavy (non-hydrogen) atoms. The van der Waals surface area contributed by atoms with E-state index in [1.54, 1.807) is 13.8 Å². The van der Waals surface area contributed by atoms with Gasteiger partial charge in [-0.25, -0.2) is 0 Å². The van der Waals surface area contributed by atoms with Gasteiger partial charge in [-0.15, -0.1) is 0 Å². The van der Waals surface area contributed by atoms with Gasteiger partial charge in [-0.3, -0.25) is 9.59 Å². The van der Waals surface area contributed by atoms with Crippen molar-refractivity contribution in [3.8, 4) is 0 Å². The highest BCUT2D eigenvalue weighted by molar-refractivity contribution is 7.99. The highest BCUT2D eigenvalue weighted by Crippen LogP contribution is 2.27. The van der Waals surface area contributed by atoms with E-state index in [1.807, 2.05) is 11.8 Å². The Morgan fingerprint density at radius 2 is 1.88 bits per heavy atom. The summed E-state index contributed by atoms with van der Waals surface area (Å²) in [4.78, 5) is 23.4. The second-order valence-electron chi connectivity index (χ2n) is 4.26. The van der Waals surface area contributed by atoms with E-state index in [1.165, 1.54) is 6.92 Å². The van der Waals surface area contributed by atoms with E-state index < -0.39 is 5.41 Å². The highest BCUT2D eigenvalue weighted by Gasteiger charge is 2.38. The molecule has 0 rings (SSSR count). The van der Waals surface area contributed by atoms with Gasteiger partial charge in [-0.2, -0.15) is 11.8 Å². The average Bonchev–Trinajstić information content (AvgIpc) is 2.28. The fourth-order valence-corrected chi connectivity index (χ4v) is 2.24. The standard InChI is InChI=1S/C13H24O3S/c1-5-16-12(15)13(4,11(3)14)9-7-8-10-17-6-2/h5-10H2,1-4H3. The summed E-state index contributed by atoms with van der Waals surface area (Å²) in [7, 11) is 0. The first-order valence-electron chi connectivity index (χ1n) is 6.25. The molecule has 0 aliphatic heterocycles. The van der Waals surface area contributed by atoms with Crippen molar-refractivity contribution in [3.05, 3.63) is 0 Å². The molecule has 0 aromatic carbocycles. The molecular weight excluding hydrogens is 236 g/mol. The van der Waals surface area contributed by atoms with E-state index in [-0.39, 0.29) is 11.8 Å². The molecule has 0 radical (unpaired) electrons. The molecule has 1 atom stereocenters. The molecule has 4 heteroatoms. The lowest BCUT2D eigenvalue weighted by Gasteiger charge is -2.24. The number of ketones is 1. The van der Waals surface area contributed by atoms with Gasteiger partial charge in [-0.05, 0) is 45.1 Å². The molecule has 1 unspecified atom stereocenters. The second kappa shape index (κ2) is 8.56. The third kappa shape index (κ3) is 5.57. The van der Waals surface area contributed by atoms with E-state index >= 15 is 0 Å². The Hall–Kier alpha value is -0.510. The Morgan fingerprint density at radius 3 is 2.35 bits per heavy atom. The summed E-state index contributed by atoms with van der Waals surface area (Å²) in [6, 6.07) is 0. The van der Waals surface area contributed by atoms with Crippen LogP contribution in [0.2, 0.25) is 0 Å². The number of ether oxygens (including phenoxy) is 1. The fourth-order valence-electron chi connectivity index (χ4n) is 1.54. The topological polar surface area (TPSA) is 43.4 Å². The van der Waals surface area contributed by atoms with Crippen LogP contribution in [-0.4, -0.2) is 29.9 Å². The maximum absolute atomic E-state index is 11.8. The van der Waals surface area contributed by atoms with Gasteiger partial charge in [0.2, 0.25) is 0 Å². The predicted molar refractivity (Wildman–Crippen MR) is 72.3 cm³/mol. The van der Waals surface area contributed by atoms with E-state index in [0.29, 0.717) is 13.0 Å². The second-order valence-corrected chi connectivity index (χ2v) is 5.66. The molecule has 3 nitrogen and oxygen atoms in total. The summed E-state index contributed by atoms with van der Waals surface area (Å²) in [5.41, 5.74) is -0.951. The smallest absolute Gasteiger partial charge is 0.319 e. The molecule has 0 aromatic heterocycles. The van der Waals surface area contributed by atoms with Crippen LogP contribution in [0.4, 0.5) is 0 Å². The van der Waals surface area contributed by atoms with E-state index in [0.717, 1.165) is 24.3 Å². The molecule has 0 heterocycles. The van der Waals surface area contributed by atoms with Crippen LogP contribution in [0.25, 0.3) is 0 Å². The third-order valence-corrected chi connectivity index (χ3v) is 3.91. The van der Waals surface area contributed by atoms with Crippen molar-refractivity contribution in [2.45, 2.75) is 47.0 Å². The molecule has 0 aromatic rings. The zero-order chi connectivity index (χ0) is 13.3. The average molecular weight is 260 g/mol. The Labute approximate surface area is 109 Å². The van der Waals surface area contributed by atoms with Gasteiger partial charge in [0.25, 0.3) is 0 Å². The van der Waals surface area contributed by atoms with Crippen molar-refractivity contribution in [2.75, 3.05) is 18.1 Å². The van der Waals surface area contributed by atoms with E-state index in [2.05, 4.69) is 6.92 Å². The van der Waals surface area contributed by atoms with Crippen molar-refractivity contribution < 1.29 is 14.3 Å². The van der Waals surface area contributed by atoms with Crippen LogP contribution >= 0.6 is 11.8 Å². The lowest BCUT2D eigenvalue weighted by Crippen LogP contribution is -2.36.